The lowest BCUT2D eigenvalue weighted by atomic mass is 10.2. The van der Waals surface area contributed by atoms with Crippen LogP contribution in [0.4, 0.5) is 5.69 Å². The average molecular weight is 568 g/mol. The fourth-order valence-corrected chi connectivity index (χ4v) is 5.21. The van der Waals surface area contributed by atoms with Gasteiger partial charge < -0.3 is 4.74 Å². The van der Waals surface area contributed by atoms with E-state index in [1.807, 2.05) is 18.2 Å². The van der Waals surface area contributed by atoms with Gasteiger partial charge in [-0.3, -0.25) is 9.10 Å². The van der Waals surface area contributed by atoms with Crippen molar-refractivity contribution < 1.29 is 17.9 Å². The third kappa shape index (κ3) is 7.35. The number of benzene rings is 4. The predicted molar refractivity (Wildman–Crippen MR) is 150 cm³/mol. The molecule has 0 bridgehead atoms. The molecule has 1 N–H and O–H groups in total. The van der Waals surface area contributed by atoms with Gasteiger partial charge in [-0.1, -0.05) is 53.5 Å². The van der Waals surface area contributed by atoms with Crippen molar-refractivity contribution in [2.45, 2.75) is 11.5 Å². The number of nitrogens with one attached hydrogen (secondary N) is 1. The second-order valence-corrected chi connectivity index (χ2v) is 10.8. The molecular formula is C28H23Cl2N3O4S. The van der Waals surface area contributed by atoms with Crippen molar-refractivity contribution in [3.05, 3.63) is 124 Å². The summed E-state index contributed by atoms with van der Waals surface area (Å²) in [6.45, 7) is -0.105. The number of hydrogen-bond acceptors (Lipinski definition) is 5. The highest BCUT2D eigenvalue weighted by molar-refractivity contribution is 7.92. The number of hydrazone groups is 1. The standard InChI is InChI=1S/C28H23Cl2N3O4S/c29-23-11-13-25(14-12-23)33(38(35,36)27-7-2-1-3-8-27)19-28(34)32-31-18-21-9-15-26(16-10-21)37-20-22-5-4-6-24(30)17-22/h1-18H,19-20H2,(H,32,34)/b31-18+. The highest BCUT2D eigenvalue weighted by Crippen LogP contribution is 2.25. The normalized spacial score (nSPS) is 11.3. The van der Waals surface area contributed by atoms with Gasteiger partial charge in [-0.05, 0) is 83.9 Å². The van der Waals surface area contributed by atoms with E-state index in [1.54, 1.807) is 60.7 Å². The molecule has 0 heterocycles. The summed E-state index contributed by atoms with van der Waals surface area (Å²) in [6, 6.07) is 28.6. The zero-order chi connectivity index (χ0) is 27.0. The number of carbonyl (C=O) groups excluding carboxylic acids is 1. The maximum Gasteiger partial charge on any atom is 0.264 e. The zero-order valence-corrected chi connectivity index (χ0v) is 22.3. The molecule has 0 saturated carbocycles. The first kappa shape index (κ1) is 27.2. The molecule has 0 radical (unpaired) electrons. The Morgan fingerprint density at radius 1 is 0.868 bits per heavy atom. The van der Waals surface area contributed by atoms with Crippen molar-refractivity contribution in [3.63, 3.8) is 0 Å². The Labute approximate surface area is 231 Å². The molecule has 0 saturated heterocycles. The molecule has 0 aliphatic rings. The Balaban J connectivity index is 1.39. The fourth-order valence-electron chi connectivity index (χ4n) is 3.43. The molecule has 4 aromatic rings. The van der Waals surface area contributed by atoms with E-state index in [0.29, 0.717) is 33.7 Å². The lowest BCUT2D eigenvalue weighted by Gasteiger charge is -2.23. The van der Waals surface area contributed by atoms with Gasteiger partial charge in [0.25, 0.3) is 15.9 Å². The quantitative estimate of drug-likeness (QED) is 0.190. The molecule has 0 fully saturated rings. The highest BCUT2D eigenvalue weighted by atomic mass is 35.5. The van der Waals surface area contributed by atoms with Crippen LogP contribution in [-0.4, -0.2) is 27.1 Å². The summed E-state index contributed by atoms with van der Waals surface area (Å²) in [7, 11) is -4.02. The molecule has 0 aliphatic carbocycles. The van der Waals surface area contributed by atoms with Crippen molar-refractivity contribution in [3.8, 4) is 5.75 Å². The lowest BCUT2D eigenvalue weighted by Crippen LogP contribution is -2.39. The van der Waals surface area contributed by atoms with Crippen LogP contribution in [0, 0.1) is 0 Å². The van der Waals surface area contributed by atoms with Crippen molar-refractivity contribution in [1.82, 2.24) is 5.43 Å². The molecule has 0 aromatic heterocycles. The average Bonchev–Trinajstić information content (AvgIpc) is 2.92. The zero-order valence-electron chi connectivity index (χ0n) is 20.0. The SMILES string of the molecule is O=C(CN(c1ccc(Cl)cc1)S(=O)(=O)c1ccccc1)N/N=C/c1ccc(OCc2cccc(Cl)c2)cc1. The van der Waals surface area contributed by atoms with Gasteiger partial charge in [0.2, 0.25) is 0 Å². The molecule has 10 heteroatoms. The third-order valence-electron chi connectivity index (χ3n) is 5.31. The highest BCUT2D eigenvalue weighted by Gasteiger charge is 2.27. The summed E-state index contributed by atoms with van der Waals surface area (Å²) in [6.07, 6.45) is 1.46. The number of sulfonamides is 1. The number of amides is 1. The molecule has 7 nitrogen and oxygen atoms in total. The lowest BCUT2D eigenvalue weighted by molar-refractivity contribution is -0.119. The number of nitrogens with zero attached hydrogens (tertiary/aromatic N) is 2. The molecule has 0 unspecified atom stereocenters. The number of ether oxygens (including phenoxy) is 1. The molecule has 4 rings (SSSR count). The van der Waals surface area contributed by atoms with Gasteiger partial charge in [0.15, 0.2) is 0 Å². The van der Waals surface area contributed by atoms with Crippen molar-refractivity contribution >= 4 is 51.0 Å². The fraction of sp³-hybridized carbons (Fsp3) is 0.0714. The minimum Gasteiger partial charge on any atom is -0.489 e. The Hall–Kier alpha value is -3.85. The molecule has 0 atom stereocenters. The molecule has 1 amide bonds. The summed E-state index contributed by atoms with van der Waals surface area (Å²) < 4.78 is 33.4. The van der Waals surface area contributed by atoms with Crippen molar-refractivity contribution in [2.75, 3.05) is 10.8 Å². The van der Waals surface area contributed by atoms with E-state index in [-0.39, 0.29) is 4.90 Å². The molecule has 0 spiro atoms. The number of anilines is 1. The van der Waals surface area contributed by atoms with Crippen LogP contribution in [-0.2, 0) is 21.4 Å². The molecule has 194 valence electrons. The predicted octanol–water partition coefficient (Wildman–Crippen LogP) is 5.92. The van der Waals surface area contributed by atoms with Crippen LogP contribution in [0.1, 0.15) is 11.1 Å². The second-order valence-electron chi connectivity index (χ2n) is 8.08. The van der Waals surface area contributed by atoms with Crippen LogP contribution in [0.5, 0.6) is 5.75 Å². The topological polar surface area (TPSA) is 88.1 Å². The minimum absolute atomic E-state index is 0.0592. The maximum atomic E-state index is 13.3. The van der Waals surface area contributed by atoms with E-state index < -0.39 is 22.5 Å². The largest absolute Gasteiger partial charge is 0.489 e. The summed E-state index contributed by atoms with van der Waals surface area (Å²) in [5.41, 5.74) is 4.35. The molecular weight excluding hydrogens is 545 g/mol. The van der Waals surface area contributed by atoms with Gasteiger partial charge in [-0.25, -0.2) is 13.8 Å². The van der Waals surface area contributed by atoms with Crippen molar-refractivity contribution in [2.24, 2.45) is 5.10 Å². The van der Waals surface area contributed by atoms with Crippen LogP contribution in [0.3, 0.4) is 0 Å². The Morgan fingerprint density at radius 3 is 2.26 bits per heavy atom. The number of carbonyl (C=O) groups is 1. The van der Waals surface area contributed by atoms with Gasteiger partial charge in [0.1, 0.15) is 18.9 Å². The smallest absolute Gasteiger partial charge is 0.264 e. The first-order valence-electron chi connectivity index (χ1n) is 11.4. The molecule has 38 heavy (non-hydrogen) atoms. The second kappa shape index (κ2) is 12.6. The minimum atomic E-state index is -4.02. The molecule has 4 aromatic carbocycles. The van der Waals surface area contributed by atoms with E-state index in [2.05, 4.69) is 10.5 Å². The first-order chi connectivity index (χ1) is 18.3. The van der Waals surface area contributed by atoms with E-state index in [0.717, 1.165) is 9.87 Å². The maximum absolute atomic E-state index is 13.3. The van der Waals surface area contributed by atoms with E-state index >= 15 is 0 Å². The van der Waals surface area contributed by atoms with Gasteiger partial charge in [-0.15, -0.1) is 0 Å². The van der Waals surface area contributed by atoms with Gasteiger partial charge in [0.05, 0.1) is 16.8 Å². The van der Waals surface area contributed by atoms with E-state index in [1.165, 1.54) is 30.5 Å². The van der Waals surface area contributed by atoms with Crippen LogP contribution >= 0.6 is 23.2 Å². The summed E-state index contributed by atoms with van der Waals surface area (Å²) in [5.74, 6) is 0.0491. The van der Waals surface area contributed by atoms with Gasteiger partial charge >= 0.3 is 0 Å². The van der Waals surface area contributed by atoms with Gasteiger partial charge in [-0.2, -0.15) is 5.10 Å². The number of rotatable bonds is 10. The van der Waals surface area contributed by atoms with Gasteiger partial charge in [0, 0.05) is 10.0 Å². The van der Waals surface area contributed by atoms with Crippen LogP contribution < -0.4 is 14.5 Å². The first-order valence-corrected chi connectivity index (χ1v) is 13.6. The van der Waals surface area contributed by atoms with Crippen LogP contribution in [0.25, 0.3) is 0 Å². The number of halogens is 2. The monoisotopic (exact) mass is 567 g/mol. The summed E-state index contributed by atoms with van der Waals surface area (Å²) in [5, 5.41) is 5.06. The van der Waals surface area contributed by atoms with Crippen LogP contribution in [0.15, 0.2) is 113 Å². The molecule has 0 aliphatic heterocycles. The Morgan fingerprint density at radius 2 is 1.58 bits per heavy atom. The summed E-state index contributed by atoms with van der Waals surface area (Å²) in [4.78, 5) is 12.7. The Kier molecular flexibility index (Phi) is 9.02. The number of hydrogen-bond donors (Lipinski definition) is 1. The summed E-state index contributed by atoms with van der Waals surface area (Å²) >= 11 is 12.0. The third-order valence-corrected chi connectivity index (χ3v) is 7.59. The Bertz CT molecular complexity index is 1510. The van der Waals surface area contributed by atoms with Crippen molar-refractivity contribution in [1.29, 1.82) is 0 Å². The van der Waals surface area contributed by atoms with E-state index in [4.69, 9.17) is 27.9 Å². The van der Waals surface area contributed by atoms with Crippen LogP contribution in [0.2, 0.25) is 10.0 Å². The van der Waals surface area contributed by atoms with E-state index in [9.17, 15) is 13.2 Å².